The van der Waals surface area contributed by atoms with Crippen LogP contribution in [0, 0.1) is 0 Å². The maximum Gasteiger partial charge on any atom is 0.255 e. The molecule has 3 rings (SSSR count). The number of hydrogen-bond donors (Lipinski definition) is 2. The zero-order valence-corrected chi connectivity index (χ0v) is 17.4. The van der Waals surface area contributed by atoms with Crippen LogP contribution in [0.25, 0.3) is 5.69 Å². The molecule has 0 saturated carbocycles. The van der Waals surface area contributed by atoms with Crippen LogP contribution < -0.4 is 20.1 Å². The molecule has 0 atom stereocenters. The van der Waals surface area contributed by atoms with Crippen molar-refractivity contribution >= 4 is 23.4 Å². The van der Waals surface area contributed by atoms with Crippen molar-refractivity contribution in [1.29, 1.82) is 0 Å². The molecule has 0 radical (unpaired) electrons. The van der Waals surface area contributed by atoms with Crippen LogP contribution in [0.4, 0.5) is 0 Å². The van der Waals surface area contributed by atoms with Gasteiger partial charge in [0.2, 0.25) is 0 Å². The highest BCUT2D eigenvalue weighted by molar-refractivity contribution is 6.33. The average molecular weight is 428 g/mol. The van der Waals surface area contributed by atoms with Crippen molar-refractivity contribution in [1.82, 2.24) is 15.2 Å². The summed E-state index contributed by atoms with van der Waals surface area (Å²) < 4.78 is 12.3. The summed E-state index contributed by atoms with van der Waals surface area (Å²) in [6, 6.07) is 13.8. The lowest BCUT2D eigenvalue weighted by Crippen LogP contribution is -2.34. The Morgan fingerprint density at radius 1 is 0.933 bits per heavy atom. The lowest BCUT2D eigenvalue weighted by atomic mass is 10.1. The lowest BCUT2D eigenvalue weighted by molar-refractivity contribution is 0.0926. The number of aromatic nitrogens is 1. The maximum atomic E-state index is 12.6. The molecule has 2 amide bonds. The fourth-order valence-corrected chi connectivity index (χ4v) is 3.13. The molecule has 7 nitrogen and oxygen atoms in total. The number of amides is 2. The van der Waals surface area contributed by atoms with Crippen molar-refractivity contribution in [2.45, 2.75) is 0 Å². The van der Waals surface area contributed by atoms with Gasteiger partial charge < -0.3 is 24.7 Å². The first-order valence-electron chi connectivity index (χ1n) is 9.25. The van der Waals surface area contributed by atoms with Gasteiger partial charge >= 0.3 is 0 Å². The Bertz CT molecular complexity index is 1020. The molecule has 1 aromatic heterocycles. The van der Waals surface area contributed by atoms with E-state index in [0.717, 1.165) is 0 Å². The molecule has 0 unspecified atom stereocenters. The first-order chi connectivity index (χ1) is 14.5. The molecular weight excluding hydrogens is 406 g/mol. The number of benzene rings is 2. The predicted molar refractivity (Wildman–Crippen MR) is 115 cm³/mol. The van der Waals surface area contributed by atoms with E-state index in [1.54, 1.807) is 43.5 Å². The molecule has 0 aliphatic rings. The Kier molecular flexibility index (Phi) is 6.98. The fourth-order valence-electron chi connectivity index (χ4n) is 2.87. The van der Waals surface area contributed by atoms with Crippen molar-refractivity contribution in [2.75, 3.05) is 27.3 Å². The number of carbonyl (C=O) groups excluding carboxylic acids is 2. The molecule has 8 heteroatoms. The van der Waals surface area contributed by atoms with E-state index in [0.29, 0.717) is 33.3 Å². The summed E-state index contributed by atoms with van der Waals surface area (Å²) >= 11 is 6.36. The monoisotopic (exact) mass is 427 g/mol. The number of halogens is 1. The minimum Gasteiger partial charge on any atom is -0.497 e. The van der Waals surface area contributed by atoms with Crippen LogP contribution in [0.1, 0.15) is 20.7 Å². The Hall–Kier alpha value is -3.45. The van der Waals surface area contributed by atoms with Gasteiger partial charge in [-0.1, -0.05) is 11.6 Å². The quantitative estimate of drug-likeness (QED) is 0.540. The minimum absolute atomic E-state index is 0.233. The van der Waals surface area contributed by atoms with Crippen LogP contribution in [-0.2, 0) is 0 Å². The largest absolute Gasteiger partial charge is 0.497 e. The van der Waals surface area contributed by atoms with Crippen LogP contribution in [-0.4, -0.2) is 43.7 Å². The van der Waals surface area contributed by atoms with Crippen molar-refractivity contribution in [3.63, 3.8) is 0 Å². The maximum absolute atomic E-state index is 12.6. The normalized spacial score (nSPS) is 10.4. The molecule has 2 N–H and O–H groups in total. The average Bonchev–Trinajstić information content (AvgIpc) is 3.31. The van der Waals surface area contributed by atoms with Gasteiger partial charge in [-0.25, -0.2) is 0 Å². The van der Waals surface area contributed by atoms with Gasteiger partial charge in [0.05, 0.1) is 30.5 Å². The molecular formula is C22H22ClN3O4. The Balaban J connectivity index is 1.58. The number of carbonyl (C=O) groups is 2. The van der Waals surface area contributed by atoms with E-state index in [1.807, 2.05) is 29.1 Å². The molecule has 2 aromatic carbocycles. The van der Waals surface area contributed by atoms with Crippen molar-refractivity contribution in [2.24, 2.45) is 0 Å². The number of hydrogen-bond acceptors (Lipinski definition) is 4. The van der Waals surface area contributed by atoms with Gasteiger partial charge in [-0.3, -0.25) is 9.59 Å². The van der Waals surface area contributed by atoms with E-state index in [-0.39, 0.29) is 24.9 Å². The molecule has 30 heavy (non-hydrogen) atoms. The molecule has 0 saturated heterocycles. The number of nitrogens with zero attached hydrogens (tertiary/aromatic N) is 1. The number of nitrogens with one attached hydrogen (secondary N) is 2. The lowest BCUT2D eigenvalue weighted by Gasteiger charge is -2.14. The van der Waals surface area contributed by atoms with Gasteiger partial charge in [0, 0.05) is 37.1 Å². The fraction of sp³-hybridized carbons (Fsp3) is 0.182. The summed E-state index contributed by atoms with van der Waals surface area (Å²) in [6.07, 6.45) is 3.71. The van der Waals surface area contributed by atoms with Crippen LogP contribution in [0.3, 0.4) is 0 Å². The second-order valence-corrected chi connectivity index (χ2v) is 6.74. The summed E-state index contributed by atoms with van der Waals surface area (Å²) in [4.78, 5) is 24.7. The standard InChI is InChI=1S/C22H22ClN3O4/c1-29-16-7-5-15(6-8-16)21(27)24-9-10-25-22(28)17-13-18(23)19(14-20(17)30-2)26-11-3-4-12-26/h3-8,11-14H,9-10H2,1-2H3,(H,24,27)(H,25,28). The molecule has 156 valence electrons. The minimum atomic E-state index is -0.341. The van der Waals surface area contributed by atoms with Crippen LogP contribution in [0.15, 0.2) is 60.9 Å². The van der Waals surface area contributed by atoms with Crippen molar-refractivity contribution in [3.8, 4) is 17.2 Å². The Morgan fingerprint density at radius 3 is 2.17 bits per heavy atom. The predicted octanol–water partition coefficient (Wildman–Crippen LogP) is 3.31. The molecule has 0 spiro atoms. The van der Waals surface area contributed by atoms with Gasteiger partial charge in [0.1, 0.15) is 11.5 Å². The highest BCUT2D eigenvalue weighted by atomic mass is 35.5. The summed E-state index contributed by atoms with van der Waals surface area (Å²) in [5.41, 5.74) is 1.54. The molecule has 3 aromatic rings. The number of rotatable bonds is 8. The van der Waals surface area contributed by atoms with E-state index in [1.165, 1.54) is 7.11 Å². The van der Waals surface area contributed by atoms with Gasteiger partial charge in [-0.05, 0) is 42.5 Å². The van der Waals surface area contributed by atoms with Gasteiger partial charge in [0.15, 0.2) is 0 Å². The van der Waals surface area contributed by atoms with Crippen LogP contribution in [0.5, 0.6) is 11.5 Å². The molecule has 1 heterocycles. The van der Waals surface area contributed by atoms with Gasteiger partial charge in [0.25, 0.3) is 11.8 Å². The SMILES string of the molecule is COc1ccc(C(=O)NCCNC(=O)c2cc(Cl)c(-n3cccc3)cc2OC)cc1. The van der Waals surface area contributed by atoms with Crippen molar-refractivity contribution < 1.29 is 19.1 Å². The smallest absolute Gasteiger partial charge is 0.255 e. The third kappa shape index (κ3) is 4.93. The third-order valence-electron chi connectivity index (χ3n) is 4.44. The van der Waals surface area contributed by atoms with Gasteiger partial charge in [-0.15, -0.1) is 0 Å². The Morgan fingerprint density at radius 2 is 1.57 bits per heavy atom. The summed E-state index contributed by atoms with van der Waals surface area (Å²) in [7, 11) is 3.06. The first kappa shape index (κ1) is 21.3. The molecule has 0 fully saturated rings. The highest BCUT2D eigenvalue weighted by Crippen LogP contribution is 2.29. The van der Waals surface area contributed by atoms with E-state index in [2.05, 4.69) is 10.6 Å². The number of ether oxygens (including phenoxy) is 2. The highest BCUT2D eigenvalue weighted by Gasteiger charge is 2.16. The molecule has 0 bridgehead atoms. The molecule has 0 aliphatic heterocycles. The molecule has 0 aliphatic carbocycles. The van der Waals surface area contributed by atoms with E-state index < -0.39 is 0 Å². The Labute approximate surface area is 179 Å². The first-order valence-corrected chi connectivity index (χ1v) is 9.62. The second-order valence-electron chi connectivity index (χ2n) is 6.33. The van der Waals surface area contributed by atoms with E-state index in [4.69, 9.17) is 21.1 Å². The zero-order valence-electron chi connectivity index (χ0n) is 16.6. The van der Waals surface area contributed by atoms with E-state index >= 15 is 0 Å². The van der Waals surface area contributed by atoms with Crippen LogP contribution in [0.2, 0.25) is 5.02 Å². The summed E-state index contributed by atoms with van der Waals surface area (Å²) in [5.74, 6) is 0.507. The summed E-state index contributed by atoms with van der Waals surface area (Å²) in [5, 5.41) is 5.94. The summed E-state index contributed by atoms with van der Waals surface area (Å²) in [6.45, 7) is 0.523. The van der Waals surface area contributed by atoms with Gasteiger partial charge in [-0.2, -0.15) is 0 Å². The zero-order chi connectivity index (χ0) is 21.5. The van der Waals surface area contributed by atoms with E-state index in [9.17, 15) is 9.59 Å². The topological polar surface area (TPSA) is 81.6 Å². The van der Waals surface area contributed by atoms with Crippen molar-refractivity contribution in [3.05, 3.63) is 77.1 Å². The number of methoxy groups -OCH3 is 2. The third-order valence-corrected chi connectivity index (χ3v) is 4.75. The second kappa shape index (κ2) is 9.84. The van der Waals surface area contributed by atoms with Crippen LogP contribution >= 0.6 is 11.6 Å².